The van der Waals surface area contributed by atoms with Gasteiger partial charge in [-0.3, -0.25) is 9.59 Å². The van der Waals surface area contributed by atoms with Gasteiger partial charge in [-0.2, -0.15) is 0 Å². The average molecular weight is 317 g/mol. The summed E-state index contributed by atoms with van der Waals surface area (Å²) in [5.41, 5.74) is 2.19. The number of anilines is 1. The second kappa shape index (κ2) is 7.17. The first-order valence-electron chi connectivity index (χ1n) is 7.10. The molecule has 116 valence electrons. The molecule has 2 N–H and O–H groups in total. The highest BCUT2D eigenvalue weighted by Crippen LogP contribution is 2.21. The quantitative estimate of drug-likeness (QED) is 0.889. The van der Waals surface area contributed by atoms with Crippen molar-refractivity contribution in [1.82, 2.24) is 10.3 Å². The SMILES string of the molecule is CCC(NC(=O)c1ccc(NC(C)=O)cc1)c1nc(C)cs1. The third kappa shape index (κ3) is 4.14. The molecule has 0 bridgehead atoms. The van der Waals surface area contributed by atoms with E-state index in [-0.39, 0.29) is 17.9 Å². The average Bonchev–Trinajstić information content (AvgIpc) is 2.91. The molecule has 0 fully saturated rings. The van der Waals surface area contributed by atoms with Gasteiger partial charge in [-0.25, -0.2) is 4.98 Å². The van der Waals surface area contributed by atoms with Gasteiger partial charge in [-0.15, -0.1) is 11.3 Å². The van der Waals surface area contributed by atoms with Crippen LogP contribution in [0.3, 0.4) is 0 Å². The molecular weight excluding hydrogens is 298 g/mol. The van der Waals surface area contributed by atoms with E-state index in [1.807, 2.05) is 19.2 Å². The van der Waals surface area contributed by atoms with E-state index >= 15 is 0 Å². The summed E-state index contributed by atoms with van der Waals surface area (Å²) in [6, 6.07) is 6.73. The molecule has 5 nitrogen and oxygen atoms in total. The van der Waals surface area contributed by atoms with Crippen molar-refractivity contribution >= 4 is 28.8 Å². The van der Waals surface area contributed by atoms with Crippen LogP contribution >= 0.6 is 11.3 Å². The predicted octanol–water partition coefficient (Wildman–Crippen LogP) is 3.29. The van der Waals surface area contributed by atoms with Gasteiger partial charge in [0, 0.05) is 29.2 Å². The normalized spacial score (nSPS) is 11.8. The molecule has 0 saturated carbocycles. The summed E-state index contributed by atoms with van der Waals surface area (Å²) in [6.45, 7) is 5.40. The summed E-state index contributed by atoms with van der Waals surface area (Å²) >= 11 is 1.56. The monoisotopic (exact) mass is 317 g/mol. The summed E-state index contributed by atoms with van der Waals surface area (Å²) in [4.78, 5) is 27.7. The molecule has 0 aliphatic heterocycles. The Morgan fingerprint density at radius 1 is 1.27 bits per heavy atom. The van der Waals surface area contributed by atoms with Crippen LogP contribution in [0.15, 0.2) is 29.6 Å². The molecule has 2 aromatic rings. The number of thiazole rings is 1. The van der Waals surface area contributed by atoms with Crippen molar-refractivity contribution in [1.29, 1.82) is 0 Å². The largest absolute Gasteiger partial charge is 0.343 e. The van der Waals surface area contributed by atoms with E-state index in [0.717, 1.165) is 17.1 Å². The summed E-state index contributed by atoms with van der Waals surface area (Å²) < 4.78 is 0. The Bertz CT molecular complexity index is 664. The van der Waals surface area contributed by atoms with Gasteiger partial charge in [-0.05, 0) is 37.6 Å². The van der Waals surface area contributed by atoms with E-state index in [2.05, 4.69) is 15.6 Å². The van der Waals surface area contributed by atoms with E-state index in [4.69, 9.17) is 0 Å². The maximum atomic E-state index is 12.3. The number of rotatable bonds is 5. The smallest absolute Gasteiger partial charge is 0.251 e. The Morgan fingerprint density at radius 2 is 1.95 bits per heavy atom. The number of aromatic nitrogens is 1. The molecule has 0 radical (unpaired) electrons. The highest BCUT2D eigenvalue weighted by molar-refractivity contribution is 7.09. The zero-order valence-electron chi connectivity index (χ0n) is 12.8. The number of benzene rings is 1. The minimum absolute atomic E-state index is 0.0822. The van der Waals surface area contributed by atoms with E-state index in [1.165, 1.54) is 6.92 Å². The van der Waals surface area contributed by atoms with Crippen LogP contribution in [0.4, 0.5) is 5.69 Å². The molecule has 0 aliphatic rings. The van der Waals surface area contributed by atoms with Crippen LogP contribution in [0.1, 0.15) is 47.4 Å². The number of nitrogens with one attached hydrogen (secondary N) is 2. The van der Waals surface area contributed by atoms with Crippen LogP contribution in [0.2, 0.25) is 0 Å². The topological polar surface area (TPSA) is 71.1 Å². The van der Waals surface area contributed by atoms with Crippen LogP contribution in [0, 0.1) is 6.92 Å². The van der Waals surface area contributed by atoms with Crippen molar-refractivity contribution < 1.29 is 9.59 Å². The molecule has 22 heavy (non-hydrogen) atoms. The molecule has 6 heteroatoms. The first-order chi connectivity index (χ1) is 10.5. The first-order valence-corrected chi connectivity index (χ1v) is 7.98. The Balaban J connectivity index is 2.05. The number of nitrogens with zero attached hydrogens (tertiary/aromatic N) is 1. The van der Waals surface area contributed by atoms with Gasteiger partial charge < -0.3 is 10.6 Å². The maximum absolute atomic E-state index is 12.3. The lowest BCUT2D eigenvalue weighted by Crippen LogP contribution is -2.28. The van der Waals surface area contributed by atoms with Gasteiger partial charge in [-0.1, -0.05) is 6.92 Å². The van der Waals surface area contributed by atoms with Crippen LogP contribution in [-0.2, 0) is 4.79 Å². The molecule has 1 aromatic heterocycles. The van der Waals surface area contributed by atoms with Crippen molar-refractivity contribution in [3.8, 4) is 0 Å². The third-order valence-electron chi connectivity index (χ3n) is 3.12. The zero-order valence-corrected chi connectivity index (χ0v) is 13.7. The van der Waals surface area contributed by atoms with Crippen LogP contribution in [0.5, 0.6) is 0 Å². The van der Waals surface area contributed by atoms with Gasteiger partial charge in [0.05, 0.1) is 6.04 Å². The summed E-state index contributed by atoms with van der Waals surface area (Å²) in [7, 11) is 0. The predicted molar refractivity (Wildman–Crippen MR) is 88.1 cm³/mol. The lowest BCUT2D eigenvalue weighted by molar-refractivity contribution is -0.114. The van der Waals surface area contributed by atoms with Crippen LogP contribution in [0.25, 0.3) is 0 Å². The lowest BCUT2D eigenvalue weighted by Gasteiger charge is -2.14. The van der Waals surface area contributed by atoms with Crippen LogP contribution in [-0.4, -0.2) is 16.8 Å². The second-order valence-corrected chi connectivity index (χ2v) is 5.91. The van der Waals surface area contributed by atoms with Crippen molar-refractivity contribution in [2.24, 2.45) is 0 Å². The standard InChI is InChI=1S/C16H19N3O2S/c1-4-14(16-17-10(2)9-22-16)19-15(21)12-5-7-13(8-6-12)18-11(3)20/h5-9,14H,4H2,1-3H3,(H,18,20)(H,19,21). The second-order valence-electron chi connectivity index (χ2n) is 5.02. The molecule has 1 heterocycles. The molecule has 0 saturated heterocycles. The van der Waals surface area contributed by atoms with Crippen molar-refractivity contribution in [2.45, 2.75) is 33.2 Å². The molecule has 2 amide bonds. The summed E-state index contributed by atoms with van der Waals surface area (Å²) in [5, 5.41) is 8.57. The third-order valence-corrected chi connectivity index (χ3v) is 4.19. The lowest BCUT2D eigenvalue weighted by atomic mass is 10.1. The van der Waals surface area contributed by atoms with Gasteiger partial charge in [0.25, 0.3) is 5.91 Å². The molecule has 1 aromatic carbocycles. The Morgan fingerprint density at radius 3 is 2.45 bits per heavy atom. The fourth-order valence-corrected chi connectivity index (χ4v) is 2.95. The van der Waals surface area contributed by atoms with Gasteiger partial charge in [0.1, 0.15) is 5.01 Å². The van der Waals surface area contributed by atoms with Gasteiger partial charge in [0.2, 0.25) is 5.91 Å². The first kappa shape index (κ1) is 16.2. The van der Waals surface area contributed by atoms with E-state index in [9.17, 15) is 9.59 Å². The van der Waals surface area contributed by atoms with Crippen molar-refractivity contribution in [3.05, 3.63) is 45.9 Å². The number of hydrogen-bond acceptors (Lipinski definition) is 4. The molecule has 1 unspecified atom stereocenters. The van der Waals surface area contributed by atoms with E-state index in [0.29, 0.717) is 11.3 Å². The van der Waals surface area contributed by atoms with Crippen LogP contribution < -0.4 is 10.6 Å². The maximum Gasteiger partial charge on any atom is 0.251 e. The minimum Gasteiger partial charge on any atom is -0.343 e. The number of hydrogen-bond donors (Lipinski definition) is 2. The van der Waals surface area contributed by atoms with Crippen molar-refractivity contribution in [2.75, 3.05) is 5.32 Å². The summed E-state index contributed by atoms with van der Waals surface area (Å²) in [6.07, 6.45) is 0.780. The van der Waals surface area contributed by atoms with E-state index < -0.39 is 0 Å². The number of amides is 2. The Hall–Kier alpha value is -2.21. The fourth-order valence-electron chi connectivity index (χ4n) is 2.02. The van der Waals surface area contributed by atoms with Gasteiger partial charge in [0.15, 0.2) is 0 Å². The Labute approximate surface area is 133 Å². The number of aryl methyl sites for hydroxylation is 1. The highest BCUT2D eigenvalue weighted by atomic mass is 32.1. The minimum atomic E-state index is -0.144. The molecule has 0 aliphatic carbocycles. The molecule has 0 spiro atoms. The zero-order chi connectivity index (χ0) is 16.1. The number of carbonyl (C=O) groups is 2. The van der Waals surface area contributed by atoms with Gasteiger partial charge >= 0.3 is 0 Å². The molecular formula is C16H19N3O2S. The molecule has 1 atom stereocenters. The van der Waals surface area contributed by atoms with E-state index in [1.54, 1.807) is 35.6 Å². The summed E-state index contributed by atoms with van der Waals surface area (Å²) in [5.74, 6) is -0.281. The van der Waals surface area contributed by atoms with Crippen molar-refractivity contribution in [3.63, 3.8) is 0 Å². The fraction of sp³-hybridized carbons (Fsp3) is 0.312. The molecule has 2 rings (SSSR count). The number of carbonyl (C=O) groups excluding carboxylic acids is 2. The highest BCUT2D eigenvalue weighted by Gasteiger charge is 2.16. The Kier molecular flexibility index (Phi) is 5.27.